The third-order valence-corrected chi connectivity index (χ3v) is 2.87. The van der Waals surface area contributed by atoms with Crippen molar-refractivity contribution in [2.75, 3.05) is 31.3 Å². The van der Waals surface area contributed by atoms with Gasteiger partial charge in [-0.05, 0) is 6.07 Å². The fourth-order valence-electron chi connectivity index (χ4n) is 2.00. The Morgan fingerprint density at radius 2 is 1.82 bits per heavy atom. The van der Waals surface area contributed by atoms with E-state index in [2.05, 4.69) is 0 Å². The van der Waals surface area contributed by atoms with Crippen molar-refractivity contribution in [3.8, 4) is 5.88 Å². The summed E-state index contributed by atoms with van der Waals surface area (Å²) in [4.78, 5) is 0. The predicted octanol–water partition coefficient (Wildman–Crippen LogP) is -0.392. The minimum Gasteiger partial charge on any atom is -0.494 e. The molecule has 0 saturated heterocycles. The standard InChI is InChI=1S/C11H17N3O3/c1-12-9-2-3-14(10(9)8-11(12)17)13(4-6-15)5-7-16/h2-3,8,15-17H,4-7H2,1H3. The molecule has 94 valence electrons. The first-order valence-corrected chi connectivity index (χ1v) is 5.51. The number of rotatable bonds is 5. The smallest absolute Gasteiger partial charge is 0.193 e. The van der Waals surface area contributed by atoms with Gasteiger partial charge in [0.25, 0.3) is 0 Å². The van der Waals surface area contributed by atoms with Crippen molar-refractivity contribution in [3.63, 3.8) is 0 Å². The van der Waals surface area contributed by atoms with E-state index in [-0.39, 0.29) is 19.1 Å². The van der Waals surface area contributed by atoms with E-state index < -0.39 is 0 Å². The van der Waals surface area contributed by atoms with Gasteiger partial charge >= 0.3 is 0 Å². The van der Waals surface area contributed by atoms with Crippen molar-refractivity contribution in [1.29, 1.82) is 0 Å². The summed E-state index contributed by atoms with van der Waals surface area (Å²) in [7, 11) is 1.78. The molecule has 0 aliphatic rings. The van der Waals surface area contributed by atoms with E-state index in [0.29, 0.717) is 13.1 Å². The minimum absolute atomic E-state index is 0.0124. The Bertz CT molecular complexity index is 497. The number of aromatic nitrogens is 2. The molecule has 6 nitrogen and oxygen atoms in total. The maximum atomic E-state index is 9.63. The molecule has 2 heterocycles. The summed E-state index contributed by atoms with van der Waals surface area (Å²) in [6, 6.07) is 3.55. The van der Waals surface area contributed by atoms with Crippen LogP contribution < -0.4 is 5.01 Å². The zero-order valence-electron chi connectivity index (χ0n) is 9.74. The highest BCUT2D eigenvalue weighted by molar-refractivity contribution is 5.80. The molecule has 0 fully saturated rings. The normalized spacial score (nSPS) is 11.2. The third-order valence-electron chi connectivity index (χ3n) is 2.87. The Morgan fingerprint density at radius 3 is 2.41 bits per heavy atom. The van der Waals surface area contributed by atoms with Crippen LogP contribution in [0.1, 0.15) is 0 Å². The van der Waals surface area contributed by atoms with Gasteiger partial charge in [0.05, 0.1) is 37.3 Å². The monoisotopic (exact) mass is 239 g/mol. The molecule has 0 aliphatic heterocycles. The van der Waals surface area contributed by atoms with Gasteiger partial charge in [0, 0.05) is 19.3 Å². The number of aliphatic hydroxyl groups is 2. The molecule has 2 rings (SSSR count). The third kappa shape index (κ3) is 1.96. The highest BCUT2D eigenvalue weighted by Crippen LogP contribution is 2.24. The van der Waals surface area contributed by atoms with Crippen LogP contribution in [-0.2, 0) is 7.05 Å². The molecule has 6 heteroatoms. The van der Waals surface area contributed by atoms with Crippen molar-refractivity contribution < 1.29 is 15.3 Å². The van der Waals surface area contributed by atoms with Crippen LogP contribution in [0.4, 0.5) is 0 Å². The van der Waals surface area contributed by atoms with Crippen LogP contribution in [-0.4, -0.2) is 50.9 Å². The van der Waals surface area contributed by atoms with Crippen molar-refractivity contribution in [1.82, 2.24) is 9.24 Å². The predicted molar refractivity (Wildman–Crippen MR) is 64.7 cm³/mol. The van der Waals surface area contributed by atoms with Gasteiger partial charge in [-0.3, -0.25) is 4.68 Å². The molecule has 0 spiro atoms. The highest BCUT2D eigenvalue weighted by atomic mass is 16.3. The van der Waals surface area contributed by atoms with Crippen molar-refractivity contribution in [2.45, 2.75) is 0 Å². The molecule has 0 atom stereocenters. The summed E-state index contributed by atoms with van der Waals surface area (Å²) < 4.78 is 3.52. The fraction of sp³-hybridized carbons (Fsp3) is 0.455. The number of fused-ring (bicyclic) bond motifs is 1. The number of nitrogens with zero attached hydrogens (tertiary/aromatic N) is 3. The molecule has 0 unspecified atom stereocenters. The first kappa shape index (κ1) is 11.8. The molecular formula is C11H17N3O3. The maximum Gasteiger partial charge on any atom is 0.193 e. The van der Waals surface area contributed by atoms with Gasteiger partial charge in [-0.15, -0.1) is 0 Å². The van der Waals surface area contributed by atoms with E-state index in [1.165, 1.54) is 0 Å². The molecule has 0 saturated carbocycles. The van der Waals surface area contributed by atoms with E-state index in [1.807, 2.05) is 21.9 Å². The number of aliphatic hydroxyl groups excluding tert-OH is 2. The molecule has 0 radical (unpaired) electrons. The number of aromatic hydroxyl groups is 1. The zero-order valence-corrected chi connectivity index (χ0v) is 9.74. The second-order valence-electron chi connectivity index (χ2n) is 3.89. The van der Waals surface area contributed by atoms with Crippen LogP contribution in [0.25, 0.3) is 11.0 Å². The van der Waals surface area contributed by atoms with Gasteiger partial charge in [0.2, 0.25) is 0 Å². The molecule has 0 aromatic carbocycles. The van der Waals surface area contributed by atoms with Gasteiger partial charge in [0.1, 0.15) is 0 Å². The lowest BCUT2D eigenvalue weighted by molar-refractivity contribution is 0.266. The van der Waals surface area contributed by atoms with Crippen molar-refractivity contribution in [2.24, 2.45) is 7.05 Å². The Labute approximate surface area is 98.9 Å². The number of hydrogen-bond donors (Lipinski definition) is 3. The molecule has 3 N–H and O–H groups in total. The van der Waals surface area contributed by atoms with Gasteiger partial charge in [0.15, 0.2) is 5.88 Å². The largest absolute Gasteiger partial charge is 0.494 e. The quantitative estimate of drug-likeness (QED) is 0.664. The van der Waals surface area contributed by atoms with Crippen LogP contribution >= 0.6 is 0 Å². The summed E-state index contributed by atoms with van der Waals surface area (Å²) in [5.41, 5.74) is 1.76. The molecule has 17 heavy (non-hydrogen) atoms. The summed E-state index contributed by atoms with van der Waals surface area (Å²) in [5.74, 6) is 0.192. The van der Waals surface area contributed by atoms with Crippen LogP contribution in [0.5, 0.6) is 5.88 Å². The summed E-state index contributed by atoms with van der Waals surface area (Å²) in [6.07, 6.45) is 1.86. The summed E-state index contributed by atoms with van der Waals surface area (Å²) in [5, 5.41) is 29.5. The molecule has 0 amide bonds. The van der Waals surface area contributed by atoms with Gasteiger partial charge < -0.3 is 24.9 Å². The zero-order chi connectivity index (χ0) is 12.4. The summed E-state index contributed by atoms with van der Waals surface area (Å²) in [6.45, 7) is 0.886. The van der Waals surface area contributed by atoms with Crippen molar-refractivity contribution >= 4 is 11.0 Å². The van der Waals surface area contributed by atoms with Gasteiger partial charge in [-0.25, -0.2) is 0 Å². The lowest BCUT2D eigenvalue weighted by Gasteiger charge is -2.24. The molecule has 2 aromatic rings. The topological polar surface area (TPSA) is 73.8 Å². The highest BCUT2D eigenvalue weighted by Gasteiger charge is 2.12. The van der Waals surface area contributed by atoms with Gasteiger partial charge in [-0.1, -0.05) is 0 Å². The average molecular weight is 239 g/mol. The fourth-order valence-corrected chi connectivity index (χ4v) is 2.00. The molecular weight excluding hydrogens is 222 g/mol. The van der Waals surface area contributed by atoms with E-state index in [1.54, 1.807) is 17.7 Å². The Hall–Kier alpha value is -1.66. The van der Waals surface area contributed by atoms with Crippen molar-refractivity contribution in [3.05, 3.63) is 18.3 Å². The van der Waals surface area contributed by atoms with E-state index >= 15 is 0 Å². The van der Waals surface area contributed by atoms with E-state index in [4.69, 9.17) is 10.2 Å². The van der Waals surface area contributed by atoms with Gasteiger partial charge in [-0.2, -0.15) is 0 Å². The Balaban J connectivity index is 2.42. The van der Waals surface area contributed by atoms with E-state index in [0.717, 1.165) is 11.0 Å². The lowest BCUT2D eigenvalue weighted by atomic mass is 10.5. The molecule has 0 aliphatic carbocycles. The lowest BCUT2D eigenvalue weighted by Crippen LogP contribution is -2.38. The Morgan fingerprint density at radius 1 is 1.18 bits per heavy atom. The number of hydrogen-bond acceptors (Lipinski definition) is 4. The molecule has 2 aromatic heterocycles. The van der Waals surface area contributed by atoms with Crippen LogP contribution in [0.15, 0.2) is 18.3 Å². The van der Waals surface area contributed by atoms with Crippen LogP contribution in [0.2, 0.25) is 0 Å². The average Bonchev–Trinajstić information content (AvgIpc) is 2.81. The second-order valence-corrected chi connectivity index (χ2v) is 3.89. The maximum absolute atomic E-state index is 9.63. The first-order valence-electron chi connectivity index (χ1n) is 5.51. The summed E-state index contributed by atoms with van der Waals surface area (Å²) >= 11 is 0. The minimum atomic E-state index is 0.0124. The Kier molecular flexibility index (Phi) is 3.26. The molecule has 0 bridgehead atoms. The van der Waals surface area contributed by atoms with Crippen LogP contribution in [0, 0.1) is 0 Å². The first-order chi connectivity index (χ1) is 8.19. The van der Waals surface area contributed by atoms with Crippen LogP contribution in [0.3, 0.4) is 0 Å². The number of aryl methyl sites for hydroxylation is 1. The van der Waals surface area contributed by atoms with E-state index in [9.17, 15) is 5.11 Å². The SMILES string of the molecule is Cn1c(O)cc2c1ccn2N(CCO)CCO. The second kappa shape index (κ2) is 4.68.